The molecule has 0 aliphatic carbocycles. The summed E-state index contributed by atoms with van der Waals surface area (Å²) in [6, 6.07) is 0. The van der Waals surface area contributed by atoms with Gasteiger partial charge in [0.1, 0.15) is 12.7 Å². The van der Waals surface area contributed by atoms with Crippen LogP contribution in [0, 0.1) is 20.2 Å². The number of rotatable bonds is 9. The first-order valence-corrected chi connectivity index (χ1v) is 4.17. The van der Waals surface area contributed by atoms with Crippen molar-refractivity contribution < 1.29 is 34.5 Å². The molecule has 0 amide bonds. The molecule has 0 aromatic rings. The van der Waals surface area contributed by atoms with Gasteiger partial charge in [-0.1, -0.05) is 0 Å². The van der Waals surface area contributed by atoms with Crippen molar-refractivity contribution in [2.24, 2.45) is 0 Å². The molecule has 1 unspecified atom stereocenters. The summed E-state index contributed by atoms with van der Waals surface area (Å²) in [5, 5.41) is 25.7. The Bertz CT molecular complexity index is 327. The van der Waals surface area contributed by atoms with Crippen LogP contribution < -0.4 is 0 Å². The van der Waals surface area contributed by atoms with E-state index >= 15 is 0 Å². The van der Waals surface area contributed by atoms with E-state index < -0.39 is 41.1 Å². The van der Waals surface area contributed by atoms with E-state index in [2.05, 4.69) is 9.68 Å². The van der Waals surface area contributed by atoms with Crippen molar-refractivity contribution in [3.8, 4) is 0 Å². The Hall–Kier alpha value is -2.46. The molecule has 96 valence electrons. The lowest BCUT2D eigenvalue weighted by Gasteiger charge is -2.12. The summed E-state index contributed by atoms with van der Waals surface area (Å²) in [6.07, 6.45) is -2.30. The van der Waals surface area contributed by atoms with E-state index in [4.69, 9.17) is 5.11 Å². The van der Waals surface area contributed by atoms with Crippen molar-refractivity contribution in [1.29, 1.82) is 0 Å². The molecular formula is C6H8N2O9. The van der Waals surface area contributed by atoms with Crippen LogP contribution in [0.25, 0.3) is 0 Å². The highest BCUT2D eigenvalue weighted by molar-refractivity contribution is 6.32. The number of carbonyl (C=O) groups excluding carboxylic acids is 1. The van der Waals surface area contributed by atoms with Gasteiger partial charge in [0, 0.05) is 6.42 Å². The van der Waals surface area contributed by atoms with Crippen molar-refractivity contribution in [1.82, 2.24) is 0 Å². The van der Waals surface area contributed by atoms with Crippen LogP contribution in [0.15, 0.2) is 0 Å². The average molecular weight is 252 g/mol. The summed E-state index contributed by atoms with van der Waals surface area (Å²) in [5.74, 6) is -2.87. The maximum atomic E-state index is 10.7. The minimum absolute atomic E-state index is 0.375. The molecule has 17 heavy (non-hydrogen) atoms. The summed E-state index contributed by atoms with van der Waals surface area (Å²) < 4.78 is 0. The number of carboxylic acid groups (broad SMARTS) is 1. The Morgan fingerprint density at radius 3 is 2.24 bits per heavy atom. The minimum atomic E-state index is -1.69. The number of hydrogen-bond acceptors (Lipinski definition) is 8. The summed E-state index contributed by atoms with van der Waals surface area (Å²) in [4.78, 5) is 48.4. The molecule has 0 aliphatic heterocycles. The lowest BCUT2D eigenvalue weighted by molar-refractivity contribution is -0.790. The largest absolute Gasteiger partial charge is 0.476 e. The van der Waals surface area contributed by atoms with Crippen LogP contribution in [0.2, 0.25) is 0 Å². The average Bonchev–Trinajstić information content (AvgIpc) is 2.20. The second kappa shape index (κ2) is 6.92. The first kappa shape index (κ1) is 14.5. The summed E-state index contributed by atoms with van der Waals surface area (Å²) >= 11 is 0. The Balaban J connectivity index is 4.18. The minimum Gasteiger partial charge on any atom is -0.476 e. The highest BCUT2D eigenvalue weighted by atomic mass is 17.0. The third-order valence-electron chi connectivity index (χ3n) is 1.53. The molecule has 0 aromatic heterocycles. The van der Waals surface area contributed by atoms with Gasteiger partial charge >= 0.3 is 5.97 Å². The van der Waals surface area contributed by atoms with Gasteiger partial charge < -0.3 is 14.8 Å². The molecule has 0 spiro atoms. The Morgan fingerprint density at radius 2 is 1.82 bits per heavy atom. The smallest absolute Gasteiger partial charge is 0.372 e. The molecule has 1 atom stereocenters. The molecule has 0 saturated carbocycles. The summed E-state index contributed by atoms with van der Waals surface area (Å²) in [6.45, 7) is -0.763. The third kappa shape index (κ3) is 7.47. The van der Waals surface area contributed by atoms with E-state index in [9.17, 15) is 29.8 Å². The van der Waals surface area contributed by atoms with E-state index in [0.29, 0.717) is 0 Å². The number of Topliss-reactive ketones (excluding diaryl/α,β-unsaturated/α-hetero) is 1. The van der Waals surface area contributed by atoms with Gasteiger partial charge in [-0.15, -0.1) is 20.2 Å². The highest BCUT2D eigenvalue weighted by Crippen LogP contribution is 2.04. The Kier molecular flexibility index (Phi) is 5.92. The number of nitrogens with zero attached hydrogens (tertiary/aromatic N) is 2. The maximum absolute atomic E-state index is 10.7. The lowest BCUT2D eigenvalue weighted by atomic mass is 10.1. The highest BCUT2D eigenvalue weighted by Gasteiger charge is 2.19. The normalized spacial score (nSPS) is 11.3. The molecule has 0 bridgehead atoms. The van der Waals surface area contributed by atoms with Crippen molar-refractivity contribution in [2.75, 3.05) is 6.61 Å². The van der Waals surface area contributed by atoms with Crippen LogP contribution in [-0.2, 0) is 19.3 Å². The Labute approximate surface area is 93.1 Å². The summed E-state index contributed by atoms with van der Waals surface area (Å²) in [5.41, 5.74) is 0. The van der Waals surface area contributed by atoms with E-state index in [1.807, 2.05) is 0 Å². The molecule has 0 fully saturated rings. The lowest BCUT2D eigenvalue weighted by Crippen LogP contribution is -2.26. The number of ketones is 1. The predicted molar refractivity (Wildman–Crippen MR) is 46.7 cm³/mol. The van der Waals surface area contributed by atoms with Crippen molar-refractivity contribution in [3.63, 3.8) is 0 Å². The van der Waals surface area contributed by atoms with Gasteiger partial charge in [0.2, 0.25) is 5.78 Å². The molecule has 11 heteroatoms. The fourth-order valence-electron chi connectivity index (χ4n) is 0.831. The van der Waals surface area contributed by atoms with Crippen LogP contribution in [0.5, 0.6) is 0 Å². The zero-order valence-electron chi connectivity index (χ0n) is 8.31. The Morgan fingerprint density at radius 1 is 1.24 bits per heavy atom. The predicted octanol–water partition coefficient (Wildman–Crippen LogP) is -0.794. The number of carboxylic acids is 1. The maximum Gasteiger partial charge on any atom is 0.372 e. The zero-order valence-corrected chi connectivity index (χ0v) is 8.31. The first-order valence-electron chi connectivity index (χ1n) is 4.17. The second-order valence-electron chi connectivity index (χ2n) is 2.74. The molecule has 0 rings (SSSR count). The van der Waals surface area contributed by atoms with Gasteiger partial charge in [-0.3, -0.25) is 4.79 Å². The monoisotopic (exact) mass is 252 g/mol. The molecule has 0 aliphatic rings. The van der Waals surface area contributed by atoms with E-state index in [-0.39, 0.29) is 6.42 Å². The third-order valence-corrected chi connectivity index (χ3v) is 1.53. The molecule has 0 aromatic carbocycles. The molecule has 0 saturated heterocycles. The van der Waals surface area contributed by atoms with Gasteiger partial charge in [0.25, 0.3) is 10.2 Å². The molecule has 0 heterocycles. The summed E-state index contributed by atoms with van der Waals surface area (Å²) in [7, 11) is 0. The van der Waals surface area contributed by atoms with Crippen molar-refractivity contribution >= 4 is 11.8 Å². The van der Waals surface area contributed by atoms with Gasteiger partial charge in [-0.2, -0.15) is 0 Å². The van der Waals surface area contributed by atoms with E-state index in [0.717, 1.165) is 0 Å². The van der Waals surface area contributed by atoms with Gasteiger partial charge in [0.15, 0.2) is 0 Å². The quantitative estimate of drug-likeness (QED) is 0.315. The van der Waals surface area contributed by atoms with Crippen LogP contribution in [0.4, 0.5) is 0 Å². The van der Waals surface area contributed by atoms with Gasteiger partial charge in [0.05, 0.1) is 0 Å². The van der Waals surface area contributed by atoms with Crippen LogP contribution >= 0.6 is 0 Å². The molecular weight excluding hydrogens is 244 g/mol. The van der Waals surface area contributed by atoms with Gasteiger partial charge in [-0.05, 0) is 6.42 Å². The van der Waals surface area contributed by atoms with Crippen molar-refractivity contribution in [3.05, 3.63) is 20.2 Å². The fraction of sp³-hybridized carbons (Fsp3) is 0.667. The second-order valence-corrected chi connectivity index (χ2v) is 2.74. The van der Waals surface area contributed by atoms with Crippen LogP contribution in [0.1, 0.15) is 12.8 Å². The topological polar surface area (TPSA) is 159 Å². The van der Waals surface area contributed by atoms with Gasteiger partial charge in [-0.25, -0.2) is 4.79 Å². The van der Waals surface area contributed by atoms with E-state index in [1.165, 1.54) is 0 Å². The van der Waals surface area contributed by atoms with Crippen LogP contribution in [-0.4, -0.2) is 39.7 Å². The first-order chi connectivity index (χ1) is 7.82. The standard InChI is InChI=1S/C6H8N2O9/c9-5(6(10)11)2-1-4(17-8(14)15)3-16-7(12)13/h4H,1-3H2,(H,10,11). The fourth-order valence-corrected chi connectivity index (χ4v) is 0.831. The van der Waals surface area contributed by atoms with E-state index in [1.54, 1.807) is 0 Å². The molecule has 1 N–H and O–H groups in total. The molecule has 11 nitrogen and oxygen atoms in total. The molecule has 0 radical (unpaired) electrons. The van der Waals surface area contributed by atoms with Crippen LogP contribution in [0.3, 0.4) is 0 Å². The number of carbonyl (C=O) groups is 2. The zero-order chi connectivity index (χ0) is 13.4. The number of hydrogen-bond donors (Lipinski definition) is 1. The SMILES string of the molecule is O=C(O)C(=O)CCC(CO[N+](=O)[O-])O[N+](=O)[O-]. The van der Waals surface area contributed by atoms with Crippen molar-refractivity contribution in [2.45, 2.75) is 18.9 Å². The number of aliphatic carboxylic acids is 1.